The van der Waals surface area contributed by atoms with Crippen molar-refractivity contribution in [2.24, 2.45) is 17.6 Å². The molecule has 4 rings (SSSR count). The molecule has 0 radical (unpaired) electrons. The Bertz CT molecular complexity index is 587. The maximum absolute atomic E-state index is 13.7. The molecule has 1 amide bonds. The van der Waals surface area contributed by atoms with Gasteiger partial charge in [-0.05, 0) is 58.9 Å². The number of nitrogens with two attached hydrogens (primary N) is 1. The van der Waals surface area contributed by atoms with E-state index in [1.165, 1.54) is 12.8 Å². The molecule has 172 valence electrons. The number of carbonyl (C=O) groups is 1. The number of likely N-dealkylation sites (tertiary alicyclic amines) is 1. The first-order chi connectivity index (χ1) is 14.4. The first-order valence-electron chi connectivity index (χ1n) is 11.5. The number of rotatable bonds is 5. The number of carbonyl (C=O) groups excluding carboxylic acids is 1. The largest absolute Gasteiger partial charge is 0.350 e. The molecule has 10 heteroatoms. The predicted molar refractivity (Wildman–Crippen MR) is 114 cm³/mol. The molecule has 6 atom stereocenters. The average Bonchev–Trinajstić information content (AvgIpc) is 3.03. The molecule has 9 nitrogen and oxygen atoms in total. The van der Waals surface area contributed by atoms with Crippen LogP contribution in [0.5, 0.6) is 0 Å². The van der Waals surface area contributed by atoms with Gasteiger partial charge in [0.1, 0.15) is 6.17 Å². The lowest BCUT2D eigenvalue weighted by atomic mass is 9.91. The molecule has 4 aliphatic rings. The quantitative estimate of drug-likeness (QED) is 0.348. The van der Waals surface area contributed by atoms with E-state index in [-0.39, 0.29) is 31.2 Å². The van der Waals surface area contributed by atoms with Crippen LogP contribution in [-0.4, -0.2) is 111 Å². The van der Waals surface area contributed by atoms with Crippen LogP contribution >= 0.6 is 0 Å². The maximum atomic E-state index is 13.7. The molecule has 0 aromatic heterocycles. The molecule has 4 aliphatic heterocycles. The second-order valence-electron chi connectivity index (χ2n) is 9.70. The number of nitrogens with one attached hydrogen (secondary N) is 4. The van der Waals surface area contributed by atoms with Crippen molar-refractivity contribution in [1.29, 1.82) is 0 Å². The Kier molecular flexibility index (Phi) is 7.23. The van der Waals surface area contributed by atoms with Gasteiger partial charge in [-0.25, -0.2) is 14.8 Å². The molecule has 0 spiro atoms. The van der Waals surface area contributed by atoms with Gasteiger partial charge in [-0.2, -0.15) is 0 Å². The molecule has 30 heavy (non-hydrogen) atoms. The lowest BCUT2D eigenvalue weighted by Gasteiger charge is -2.44. The van der Waals surface area contributed by atoms with Crippen molar-refractivity contribution in [2.75, 3.05) is 59.9 Å². The summed E-state index contributed by atoms with van der Waals surface area (Å²) >= 11 is 0. The van der Waals surface area contributed by atoms with E-state index in [1.54, 1.807) is 5.01 Å². The van der Waals surface area contributed by atoms with Gasteiger partial charge in [0.2, 0.25) is 5.91 Å². The Morgan fingerprint density at radius 3 is 2.73 bits per heavy atom. The van der Waals surface area contributed by atoms with Crippen LogP contribution in [0, 0.1) is 11.8 Å². The number of halogens is 1. The first kappa shape index (κ1) is 22.3. The smallest absolute Gasteiger partial charge is 0.229 e. The molecule has 0 aromatic carbocycles. The Balaban J connectivity index is 1.35. The summed E-state index contributed by atoms with van der Waals surface area (Å²) in [6.45, 7) is 5.61. The summed E-state index contributed by atoms with van der Waals surface area (Å²) in [5.74, 6) is 0.274. The van der Waals surface area contributed by atoms with Crippen LogP contribution in [-0.2, 0) is 4.79 Å². The molecule has 6 unspecified atom stereocenters. The van der Waals surface area contributed by atoms with Crippen molar-refractivity contribution < 1.29 is 9.18 Å². The molecule has 0 aliphatic carbocycles. The average molecular weight is 427 g/mol. The zero-order valence-electron chi connectivity index (χ0n) is 18.3. The lowest BCUT2D eigenvalue weighted by Crippen LogP contribution is -2.63. The number of amides is 1. The Labute approximate surface area is 179 Å². The number of hydrogen-bond donors (Lipinski definition) is 5. The highest BCUT2D eigenvalue weighted by atomic mass is 19.1. The van der Waals surface area contributed by atoms with Gasteiger partial charge < -0.3 is 21.3 Å². The summed E-state index contributed by atoms with van der Waals surface area (Å²) in [6.07, 6.45) is 1.74. The van der Waals surface area contributed by atoms with E-state index in [4.69, 9.17) is 5.73 Å². The van der Waals surface area contributed by atoms with E-state index in [9.17, 15) is 9.18 Å². The van der Waals surface area contributed by atoms with E-state index in [2.05, 4.69) is 45.3 Å². The van der Waals surface area contributed by atoms with Gasteiger partial charge in [0, 0.05) is 32.2 Å². The first-order valence-corrected chi connectivity index (χ1v) is 11.5. The number of hydrazine groups is 1. The highest BCUT2D eigenvalue weighted by Crippen LogP contribution is 2.25. The highest BCUT2D eigenvalue weighted by Gasteiger charge is 2.47. The predicted octanol–water partition coefficient (Wildman–Crippen LogP) is -1.90. The van der Waals surface area contributed by atoms with Gasteiger partial charge in [-0.1, -0.05) is 0 Å². The number of alkyl halides is 1. The second kappa shape index (κ2) is 9.72. The number of nitrogens with zero attached hydrogens (tertiary/aromatic N) is 3. The summed E-state index contributed by atoms with van der Waals surface area (Å²) in [5, 5.41) is 11.6. The summed E-state index contributed by atoms with van der Waals surface area (Å²) in [7, 11) is 4.28. The van der Waals surface area contributed by atoms with Gasteiger partial charge in [-0.15, -0.1) is 0 Å². The molecule has 6 N–H and O–H groups in total. The fourth-order valence-electron chi connectivity index (χ4n) is 5.67. The van der Waals surface area contributed by atoms with E-state index < -0.39 is 18.3 Å². The minimum atomic E-state index is -0.954. The minimum absolute atomic E-state index is 0.0477. The van der Waals surface area contributed by atoms with Crippen molar-refractivity contribution in [3.05, 3.63) is 0 Å². The van der Waals surface area contributed by atoms with E-state index in [0.717, 1.165) is 45.1 Å². The van der Waals surface area contributed by atoms with Crippen LogP contribution in [0.2, 0.25) is 0 Å². The van der Waals surface area contributed by atoms with Crippen LogP contribution in [0.1, 0.15) is 19.3 Å². The number of piperidine rings is 2. The molecule has 0 bridgehead atoms. The summed E-state index contributed by atoms with van der Waals surface area (Å²) in [6, 6.07) is 0.419. The fraction of sp³-hybridized carbons (Fsp3) is 0.950. The third-order valence-corrected chi connectivity index (χ3v) is 7.14. The molecular formula is C20H39FN8O. The van der Waals surface area contributed by atoms with Crippen LogP contribution < -0.4 is 27.1 Å². The molecule has 4 fully saturated rings. The third kappa shape index (κ3) is 4.95. The lowest BCUT2D eigenvalue weighted by molar-refractivity contribution is -0.128. The van der Waals surface area contributed by atoms with Crippen LogP contribution in [0.4, 0.5) is 4.39 Å². The van der Waals surface area contributed by atoms with Crippen molar-refractivity contribution in [3.63, 3.8) is 0 Å². The molecule has 0 saturated carbocycles. The van der Waals surface area contributed by atoms with Crippen molar-refractivity contribution in [1.82, 2.24) is 36.2 Å². The SMILES string of the molecule is CN(C)CC1CCN(C2CCNCC2NC(=O)C2C(N)NN3CC(F)CNC23)CC1. The van der Waals surface area contributed by atoms with Gasteiger partial charge in [0.05, 0.1) is 24.3 Å². The summed E-state index contributed by atoms with van der Waals surface area (Å²) in [5.41, 5.74) is 9.28. The molecule has 0 aromatic rings. The van der Waals surface area contributed by atoms with Crippen molar-refractivity contribution >= 4 is 5.91 Å². The standard InChI is InChI=1S/C20H39FN8O/c1-27(2)11-13-4-7-28(8-5-13)16-3-6-23-10-15(16)25-20(30)17-18(22)26-29-12-14(21)9-24-19(17)29/h13-19,23-24,26H,3-12,22H2,1-2H3,(H,25,30). The Hall–Kier alpha value is -0.880. The Morgan fingerprint density at radius 2 is 2.00 bits per heavy atom. The van der Waals surface area contributed by atoms with E-state index in [0.29, 0.717) is 6.04 Å². The third-order valence-electron chi connectivity index (χ3n) is 7.14. The summed E-state index contributed by atoms with van der Waals surface area (Å²) < 4.78 is 13.7. The van der Waals surface area contributed by atoms with Gasteiger partial charge in [0.25, 0.3) is 0 Å². The van der Waals surface area contributed by atoms with Crippen LogP contribution in [0.3, 0.4) is 0 Å². The number of fused-ring (bicyclic) bond motifs is 1. The molecular weight excluding hydrogens is 387 g/mol. The van der Waals surface area contributed by atoms with E-state index in [1.807, 2.05) is 0 Å². The monoisotopic (exact) mass is 426 g/mol. The zero-order chi connectivity index (χ0) is 21.3. The zero-order valence-corrected chi connectivity index (χ0v) is 18.3. The molecule has 4 heterocycles. The van der Waals surface area contributed by atoms with Crippen LogP contribution in [0.15, 0.2) is 0 Å². The van der Waals surface area contributed by atoms with Gasteiger partial charge in [-0.3, -0.25) is 15.0 Å². The second-order valence-corrected chi connectivity index (χ2v) is 9.70. The summed E-state index contributed by atoms with van der Waals surface area (Å²) in [4.78, 5) is 18.1. The maximum Gasteiger partial charge on any atom is 0.229 e. The van der Waals surface area contributed by atoms with Crippen molar-refractivity contribution in [2.45, 2.75) is 49.8 Å². The topological polar surface area (TPSA) is 101 Å². The fourth-order valence-corrected chi connectivity index (χ4v) is 5.67. The number of hydrogen-bond acceptors (Lipinski definition) is 8. The Morgan fingerprint density at radius 1 is 1.23 bits per heavy atom. The van der Waals surface area contributed by atoms with Gasteiger partial charge >= 0.3 is 0 Å². The molecule has 4 saturated heterocycles. The normalized spacial score (nSPS) is 39.2. The van der Waals surface area contributed by atoms with Crippen LogP contribution in [0.25, 0.3) is 0 Å². The highest BCUT2D eigenvalue weighted by molar-refractivity contribution is 5.81. The van der Waals surface area contributed by atoms with E-state index >= 15 is 0 Å². The minimum Gasteiger partial charge on any atom is -0.350 e. The van der Waals surface area contributed by atoms with Gasteiger partial charge in [0.15, 0.2) is 0 Å². The van der Waals surface area contributed by atoms with Crippen molar-refractivity contribution in [3.8, 4) is 0 Å².